The van der Waals surface area contributed by atoms with Crippen molar-refractivity contribution >= 4 is 15.9 Å². The summed E-state index contributed by atoms with van der Waals surface area (Å²) < 4.78 is 6.57. The molecule has 0 aliphatic carbocycles. The van der Waals surface area contributed by atoms with Crippen LogP contribution in [-0.2, 0) is 0 Å². The van der Waals surface area contributed by atoms with Gasteiger partial charge in [-0.2, -0.15) is 5.26 Å². The van der Waals surface area contributed by atoms with Crippen molar-refractivity contribution in [1.82, 2.24) is 0 Å². The molecule has 0 radical (unpaired) electrons. The molecule has 0 amide bonds. The Labute approximate surface area is 99.0 Å². The third kappa shape index (κ3) is 3.93. The number of hydrogen-bond acceptors (Lipinski definition) is 2. The van der Waals surface area contributed by atoms with Crippen LogP contribution in [0.1, 0.15) is 32.3 Å². The number of halogens is 1. The van der Waals surface area contributed by atoms with E-state index in [-0.39, 0.29) is 6.10 Å². The van der Waals surface area contributed by atoms with Gasteiger partial charge in [0.05, 0.1) is 17.7 Å². The second-order valence-corrected chi connectivity index (χ2v) is 4.42. The summed E-state index contributed by atoms with van der Waals surface area (Å²) in [5.41, 5.74) is 0.614. The predicted molar refractivity (Wildman–Crippen MR) is 63.9 cm³/mol. The van der Waals surface area contributed by atoms with E-state index in [1.165, 1.54) is 0 Å². The second-order valence-electron chi connectivity index (χ2n) is 3.50. The summed E-state index contributed by atoms with van der Waals surface area (Å²) in [7, 11) is 0. The van der Waals surface area contributed by atoms with Gasteiger partial charge in [-0.05, 0) is 31.5 Å². The Morgan fingerprint density at radius 2 is 2.20 bits per heavy atom. The first-order valence-electron chi connectivity index (χ1n) is 5.03. The Hall–Kier alpha value is -1.01. The molecule has 15 heavy (non-hydrogen) atoms. The lowest BCUT2D eigenvalue weighted by Crippen LogP contribution is -2.10. The normalized spacial score (nSPS) is 11.9. The van der Waals surface area contributed by atoms with E-state index in [1.54, 1.807) is 12.1 Å². The van der Waals surface area contributed by atoms with Gasteiger partial charge in [0, 0.05) is 4.47 Å². The molecule has 1 aromatic carbocycles. The highest BCUT2D eigenvalue weighted by Gasteiger charge is 2.04. The summed E-state index contributed by atoms with van der Waals surface area (Å²) in [6, 6.07) is 7.52. The summed E-state index contributed by atoms with van der Waals surface area (Å²) in [5.74, 6) is 0.752. The molecule has 0 saturated heterocycles. The lowest BCUT2D eigenvalue weighted by atomic mass is 10.2. The Morgan fingerprint density at radius 3 is 2.80 bits per heavy atom. The molecule has 0 aromatic heterocycles. The molecule has 0 saturated carbocycles. The van der Waals surface area contributed by atoms with Crippen molar-refractivity contribution in [2.24, 2.45) is 0 Å². The van der Waals surface area contributed by atoms with Crippen molar-refractivity contribution in [1.29, 1.82) is 5.26 Å². The van der Waals surface area contributed by atoms with Crippen molar-refractivity contribution in [2.75, 3.05) is 0 Å². The van der Waals surface area contributed by atoms with Crippen LogP contribution < -0.4 is 4.74 Å². The fourth-order valence-electron chi connectivity index (χ4n) is 1.39. The summed E-state index contributed by atoms with van der Waals surface area (Å²) in [6.45, 7) is 4.16. The molecular weight excluding hydrogens is 254 g/mol. The van der Waals surface area contributed by atoms with Crippen LogP contribution in [0.3, 0.4) is 0 Å². The van der Waals surface area contributed by atoms with Gasteiger partial charge >= 0.3 is 0 Å². The predicted octanol–water partition coefficient (Wildman–Crippen LogP) is 3.89. The summed E-state index contributed by atoms with van der Waals surface area (Å²) in [5, 5.41) is 8.80. The van der Waals surface area contributed by atoms with E-state index < -0.39 is 0 Å². The molecule has 80 valence electrons. The SMILES string of the molecule is CCCC(C)Oc1cc(Br)cc(C#N)c1. The van der Waals surface area contributed by atoms with Crippen molar-refractivity contribution in [3.05, 3.63) is 28.2 Å². The third-order valence-electron chi connectivity index (χ3n) is 2.03. The zero-order valence-electron chi connectivity index (χ0n) is 8.96. The second kappa shape index (κ2) is 5.77. The molecule has 0 aliphatic rings. The summed E-state index contributed by atoms with van der Waals surface area (Å²) >= 11 is 3.35. The van der Waals surface area contributed by atoms with E-state index in [0.717, 1.165) is 23.1 Å². The highest BCUT2D eigenvalue weighted by atomic mass is 79.9. The first-order chi connectivity index (χ1) is 7.15. The number of benzene rings is 1. The van der Waals surface area contributed by atoms with Crippen molar-refractivity contribution in [2.45, 2.75) is 32.8 Å². The van der Waals surface area contributed by atoms with E-state index >= 15 is 0 Å². The largest absolute Gasteiger partial charge is 0.491 e. The van der Waals surface area contributed by atoms with Gasteiger partial charge in [-0.25, -0.2) is 0 Å². The fraction of sp³-hybridized carbons (Fsp3) is 0.417. The molecular formula is C12H14BrNO. The maximum atomic E-state index is 8.80. The zero-order chi connectivity index (χ0) is 11.3. The molecule has 1 aromatic rings. The van der Waals surface area contributed by atoms with Crippen LogP contribution in [0.5, 0.6) is 5.75 Å². The quantitative estimate of drug-likeness (QED) is 0.829. The molecule has 2 nitrogen and oxygen atoms in total. The Morgan fingerprint density at radius 1 is 1.47 bits per heavy atom. The van der Waals surface area contributed by atoms with Crippen molar-refractivity contribution in [3.63, 3.8) is 0 Å². The smallest absolute Gasteiger partial charge is 0.122 e. The van der Waals surface area contributed by atoms with Gasteiger partial charge in [-0.15, -0.1) is 0 Å². The third-order valence-corrected chi connectivity index (χ3v) is 2.49. The molecule has 0 fully saturated rings. The van der Waals surface area contributed by atoms with E-state index in [0.29, 0.717) is 5.56 Å². The monoisotopic (exact) mass is 267 g/mol. The lowest BCUT2D eigenvalue weighted by molar-refractivity contribution is 0.210. The Kier molecular flexibility index (Phi) is 4.64. The zero-order valence-corrected chi connectivity index (χ0v) is 10.5. The van der Waals surface area contributed by atoms with Gasteiger partial charge in [0.1, 0.15) is 5.75 Å². The minimum Gasteiger partial charge on any atom is -0.491 e. The highest BCUT2D eigenvalue weighted by Crippen LogP contribution is 2.22. The van der Waals surface area contributed by atoms with Crippen LogP contribution in [0.15, 0.2) is 22.7 Å². The van der Waals surface area contributed by atoms with Crippen molar-refractivity contribution in [3.8, 4) is 11.8 Å². The van der Waals surface area contributed by atoms with Gasteiger partial charge in [0.15, 0.2) is 0 Å². The molecule has 0 heterocycles. The van der Waals surface area contributed by atoms with Gasteiger partial charge in [0.2, 0.25) is 0 Å². The lowest BCUT2D eigenvalue weighted by Gasteiger charge is -2.14. The standard InChI is InChI=1S/C12H14BrNO/c1-3-4-9(2)15-12-6-10(8-14)5-11(13)7-12/h5-7,9H,3-4H2,1-2H3. The minimum atomic E-state index is 0.191. The first-order valence-corrected chi connectivity index (χ1v) is 5.82. The molecule has 0 spiro atoms. The van der Waals surface area contributed by atoms with E-state index in [9.17, 15) is 0 Å². The maximum absolute atomic E-state index is 8.80. The fourth-order valence-corrected chi connectivity index (χ4v) is 1.87. The van der Waals surface area contributed by atoms with Crippen LogP contribution >= 0.6 is 15.9 Å². The highest BCUT2D eigenvalue weighted by molar-refractivity contribution is 9.10. The van der Waals surface area contributed by atoms with E-state index in [4.69, 9.17) is 10.00 Å². The van der Waals surface area contributed by atoms with Gasteiger partial charge in [0.25, 0.3) is 0 Å². The molecule has 1 unspecified atom stereocenters. The van der Waals surface area contributed by atoms with Crippen molar-refractivity contribution < 1.29 is 4.74 Å². The maximum Gasteiger partial charge on any atom is 0.122 e. The van der Waals surface area contributed by atoms with Gasteiger partial charge in [-0.1, -0.05) is 29.3 Å². The molecule has 0 aliphatic heterocycles. The molecule has 0 N–H and O–H groups in total. The van der Waals surface area contributed by atoms with Gasteiger partial charge < -0.3 is 4.74 Å². The topological polar surface area (TPSA) is 33.0 Å². The average Bonchev–Trinajstić information content (AvgIpc) is 2.17. The number of nitrogens with zero attached hydrogens (tertiary/aromatic N) is 1. The number of hydrogen-bond donors (Lipinski definition) is 0. The van der Waals surface area contributed by atoms with Crippen LogP contribution in [0, 0.1) is 11.3 Å². The average molecular weight is 268 g/mol. The minimum absolute atomic E-state index is 0.191. The number of rotatable bonds is 4. The summed E-state index contributed by atoms with van der Waals surface area (Å²) in [6.07, 6.45) is 2.31. The van der Waals surface area contributed by atoms with Crippen LogP contribution in [0.2, 0.25) is 0 Å². The molecule has 0 bridgehead atoms. The van der Waals surface area contributed by atoms with E-state index in [2.05, 4.69) is 28.9 Å². The van der Waals surface area contributed by atoms with Crippen LogP contribution in [0.4, 0.5) is 0 Å². The molecule has 3 heteroatoms. The Balaban J connectivity index is 2.77. The molecule has 1 atom stereocenters. The first kappa shape index (κ1) is 12.1. The number of nitriles is 1. The number of ether oxygens (including phenoxy) is 1. The van der Waals surface area contributed by atoms with Crippen LogP contribution in [-0.4, -0.2) is 6.10 Å². The summed E-state index contributed by atoms with van der Waals surface area (Å²) in [4.78, 5) is 0. The Bertz CT molecular complexity index is 370. The van der Waals surface area contributed by atoms with E-state index in [1.807, 2.05) is 13.0 Å². The molecule has 1 rings (SSSR count). The van der Waals surface area contributed by atoms with Gasteiger partial charge in [-0.3, -0.25) is 0 Å². The van der Waals surface area contributed by atoms with Crippen LogP contribution in [0.25, 0.3) is 0 Å².